The number of benzene rings is 3. The van der Waals surface area contributed by atoms with E-state index in [1.807, 2.05) is 0 Å². The lowest BCUT2D eigenvalue weighted by atomic mass is 10.1. The zero-order valence-electron chi connectivity index (χ0n) is 15.9. The molecule has 0 unspecified atom stereocenters. The summed E-state index contributed by atoms with van der Waals surface area (Å²) in [6.45, 7) is -0.0157. The zero-order chi connectivity index (χ0) is 22.4. The summed E-state index contributed by atoms with van der Waals surface area (Å²) in [7, 11) is 0. The minimum Gasteiger partial charge on any atom is -0.489 e. The van der Waals surface area contributed by atoms with Crippen molar-refractivity contribution in [3.8, 4) is 5.75 Å². The Hall–Kier alpha value is -4.53. The lowest BCUT2D eigenvalue weighted by molar-refractivity contribution is 0.0682. The molecule has 0 radical (unpaired) electrons. The van der Waals surface area contributed by atoms with Crippen LogP contribution in [0.25, 0.3) is 0 Å². The third kappa shape index (κ3) is 5.73. The van der Waals surface area contributed by atoms with Gasteiger partial charge in [-0.15, -0.1) is 0 Å². The molecule has 0 saturated heterocycles. The van der Waals surface area contributed by atoms with Crippen LogP contribution in [0.5, 0.6) is 5.75 Å². The fourth-order valence-electron chi connectivity index (χ4n) is 2.58. The molecule has 9 nitrogen and oxygen atoms in total. The summed E-state index contributed by atoms with van der Waals surface area (Å²) in [5.74, 6) is -3.00. The highest BCUT2D eigenvalue weighted by molar-refractivity contribution is 5.94. The maximum atomic E-state index is 11.2. The van der Waals surface area contributed by atoms with E-state index in [1.165, 1.54) is 24.3 Å². The molecule has 0 aliphatic heterocycles. The average Bonchev–Trinajstić information content (AvgIpc) is 2.77. The highest BCUT2D eigenvalue weighted by Crippen LogP contribution is 2.22. The van der Waals surface area contributed by atoms with Gasteiger partial charge in [0.15, 0.2) is 0 Å². The number of rotatable bonds is 8. The quantitative estimate of drug-likeness (QED) is 0.445. The lowest BCUT2D eigenvalue weighted by Crippen LogP contribution is -2.05. The summed E-state index contributed by atoms with van der Waals surface area (Å²) in [6.07, 6.45) is 0. The molecule has 0 aromatic heterocycles. The van der Waals surface area contributed by atoms with Gasteiger partial charge in [0.1, 0.15) is 12.4 Å². The Bertz CT molecular complexity index is 1120. The molecule has 3 aromatic rings. The van der Waals surface area contributed by atoms with E-state index in [0.29, 0.717) is 22.7 Å². The molecule has 0 saturated carbocycles. The first-order valence-electron chi connectivity index (χ1n) is 8.90. The van der Waals surface area contributed by atoms with Crippen molar-refractivity contribution >= 4 is 29.3 Å². The van der Waals surface area contributed by atoms with Gasteiger partial charge in [0.2, 0.25) is 0 Å². The Labute approximate surface area is 175 Å². The van der Waals surface area contributed by atoms with Crippen LogP contribution in [-0.4, -0.2) is 33.2 Å². The fraction of sp³-hybridized carbons (Fsp3) is 0.0455. The standard InChI is InChI=1S/C22H16N2O7/c25-20(26)14-1-3-17(4-2-14)23-24-18-5-7-19(8-6-18)31-12-13-9-15(21(27)28)11-16(10-13)22(29)30/h1-11H,12H2,(H,25,26)(H,27,28)(H,29,30). The Kier molecular flexibility index (Phi) is 6.36. The van der Waals surface area contributed by atoms with E-state index in [1.54, 1.807) is 36.4 Å². The summed E-state index contributed by atoms with van der Waals surface area (Å²) >= 11 is 0. The molecule has 3 N–H and O–H groups in total. The van der Waals surface area contributed by atoms with Crippen LogP contribution in [0.15, 0.2) is 77.0 Å². The normalized spacial score (nSPS) is 10.7. The van der Waals surface area contributed by atoms with Crippen molar-refractivity contribution in [3.63, 3.8) is 0 Å². The van der Waals surface area contributed by atoms with Crippen molar-refractivity contribution in [1.29, 1.82) is 0 Å². The Morgan fingerprint density at radius 1 is 0.645 bits per heavy atom. The van der Waals surface area contributed by atoms with Crippen LogP contribution in [0.3, 0.4) is 0 Å². The highest BCUT2D eigenvalue weighted by atomic mass is 16.5. The molecule has 3 rings (SSSR count). The molecule has 3 aromatic carbocycles. The number of hydrogen-bond acceptors (Lipinski definition) is 6. The maximum Gasteiger partial charge on any atom is 0.335 e. The van der Waals surface area contributed by atoms with Crippen LogP contribution in [0.2, 0.25) is 0 Å². The number of ether oxygens (including phenoxy) is 1. The van der Waals surface area contributed by atoms with E-state index in [-0.39, 0.29) is 23.3 Å². The summed E-state index contributed by atoms with van der Waals surface area (Å²) in [4.78, 5) is 33.2. The van der Waals surface area contributed by atoms with Crippen LogP contribution in [0.1, 0.15) is 36.6 Å². The Balaban J connectivity index is 1.65. The largest absolute Gasteiger partial charge is 0.489 e. The monoisotopic (exact) mass is 420 g/mol. The number of carboxylic acid groups (broad SMARTS) is 3. The molecule has 0 aliphatic rings. The molecule has 9 heteroatoms. The first-order valence-corrected chi connectivity index (χ1v) is 8.90. The molecule has 0 bridgehead atoms. The third-order valence-corrected chi connectivity index (χ3v) is 4.12. The summed E-state index contributed by atoms with van der Waals surface area (Å²) < 4.78 is 5.60. The van der Waals surface area contributed by atoms with Gasteiger partial charge in [-0.1, -0.05) is 0 Å². The van der Waals surface area contributed by atoms with Gasteiger partial charge in [0.25, 0.3) is 0 Å². The molecular weight excluding hydrogens is 404 g/mol. The number of carbonyl (C=O) groups is 3. The van der Waals surface area contributed by atoms with Crippen LogP contribution in [0.4, 0.5) is 11.4 Å². The summed E-state index contributed by atoms with van der Waals surface area (Å²) in [5, 5.41) is 35.2. The van der Waals surface area contributed by atoms with Crippen molar-refractivity contribution in [1.82, 2.24) is 0 Å². The van der Waals surface area contributed by atoms with E-state index >= 15 is 0 Å². The Morgan fingerprint density at radius 3 is 1.55 bits per heavy atom. The molecule has 0 aliphatic carbocycles. The van der Waals surface area contributed by atoms with Gasteiger partial charge >= 0.3 is 17.9 Å². The van der Waals surface area contributed by atoms with Crippen molar-refractivity contribution in [2.75, 3.05) is 0 Å². The van der Waals surface area contributed by atoms with Gasteiger partial charge in [-0.3, -0.25) is 0 Å². The summed E-state index contributed by atoms with van der Waals surface area (Å²) in [6, 6.07) is 16.3. The van der Waals surface area contributed by atoms with Gasteiger partial charge in [-0.05, 0) is 72.3 Å². The molecule has 0 atom stereocenters. The molecular formula is C22H16N2O7. The van der Waals surface area contributed by atoms with E-state index in [2.05, 4.69) is 10.2 Å². The first kappa shape index (κ1) is 21.2. The molecule has 0 amide bonds. The van der Waals surface area contributed by atoms with Crippen LogP contribution in [-0.2, 0) is 6.61 Å². The van der Waals surface area contributed by atoms with Crippen LogP contribution in [0, 0.1) is 0 Å². The van der Waals surface area contributed by atoms with Crippen molar-refractivity contribution in [3.05, 3.63) is 89.0 Å². The van der Waals surface area contributed by atoms with Gasteiger partial charge in [0.05, 0.1) is 28.1 Å². The van der Waals surface area contributed by atoms with Crippen molar-refractivity contribution in [2.45, 2.75) is 6.61 Å². The van der Waals surface area contributed by atoms with E-state index in [0.717, 1.165) is 6.07 Å². The zero-order valence-corrected chi connectivity index (χ0v) is 15.9. The first-order chi connectivity index (χ1) is 14.8. The number of carboxylic acids is 3. The topological polar surface area (TPSA) is 146 Å². The molecule has 0 spiro atoms. The molecule has 31 heavy (non-hydrogen) atoms. The molecule has 0 heterocycles. The predicted octanol–water partition coefficient (Wildman–Crippen LogP) is 4.78. The second-order valence-corrected chi connectivity index (χ2v) is 6.36. The highest BCUT2D eigenvalue weighted by Gasteiger charge is 2.12. The number of aromatic carboxylic acids is 3. The lowest BCUT2D eigenvalue weighted by Gasteiger charge is -2.08. The van der Waals surface area contributed by atoms with Crippen LogP contribution < -0.4 is 4.74 Å². The van der Waals surface area contributed by atoms with Gasteiger partial charge < -0.3 is 20.1 Å². The van der Waals surface area contributed by atoms with E-state index in [4.69, 9.17) is 20.1 Å². The average molecular weight is 420 g/mol. The number of azo groups is 1. The minimum atomic E-state index is -1.23. The molecule has 0 fully saturated rings. The van der Waals surface area contributed by atoms with Crippen molar-refractivity contribution in [2.24, 2.45) is 10.2 Å². The van der Waals surface area contributed by atoms with E-state index < -0.39 is 17.9 Å². The summed E-state index contributed by atoms with van der Waals surface area (Å²) in [5.41, 5.74) is 1.33. The van der Waals surface area contributed by atoms with Crippen molar-refractivity contribution < 1.29 is 34.4 Å². The fourth-order valence-corrected chi connectivity index (χ4v) is 2.58. The predicted molar refractivity (Wildman–Crippen MR) is 109 cm³/mol. The minimum absolute atomic E-state index is 0.0157. The SMILES string of the molecule is O=C(O)c1ccc(N=Nc2ccc(OCc3cc(C(=O)O)cc(C(=O)O)c3)cc2)cc1. The molecule has 156 valence electrons. The van der Waals surface area contributed by atoms with Gasteiger partial charge in [0, 0.05) is 0 Å². The third-order valence-electron chi connectivity index (χ3n) is 4.12. The second kappa shape index (κ2) is 9.31. The maximum absolute atomic E-state index is 11.2. The second-order valence-electron chi connectivity index (χ2n) is 6.36. The number of hydrogen-bond donors (Lipinski definition) is 3. The van der Waals surface area contributed by atoms with Gasteiger partial charge in [-0.25, -0.2) is 14.4 Å². The smallest absolute Gasteiger partial charge is 0.335 e. The van der Waals surface area contributed by atoms with E-state index in [9.17, 15) is 14.4 Å². The Morgan fingerprint density at radius 2 is 1.10 bits per heavy atom. The van der Waals surface area contributed by atoms with Gasteiger partial charge in [-0.2, -0.15) is 10.2 Å². The number of nitrogens with zero attached hydrogens (tertiary/aromatic N) is 2. The van der Waals surface area contributed by atoms with Crippen LogP contribution >= 0.6 is 0 Å².